The molecule has 0 atom stereocenters. The molecule has 6 nitrogen and oxygen atoms in total. The van der Waals surface area contributed by atoms with E-state index in [-0.39, 0.29) is 5.69 Å². The lowest BCUT2D eigenvalue weighted by Gasteiger charge is -2.06. The lowest BCUT2D eigenvalue weighted by atomic mass is 10.1. The summed E-state index contributed by atoms with van der Waals surface area (Å²) in [7, 11) is 0. The molecule has 0 saturated heterocycles. The number of aliphatic carboxylic acids is 1. The summed E-state index contributed by atoms with van der Waals surface area (Å²) in [4.78, 5) is 26.9. The number of nitrogens with one attached hydrogen (secondary N) is 1. The molecule has 27 heavy (non-hydrogen) atoms. The highest BCUT2D eigenvalue weighted by atomic mass is 32.1. The van der Waals surface area contributed by atoms with Crippen molar-refractivity contribution in [1.82, 2.24) is 10.3 Å². The largest absolute Gasteiger partial charge is 0.504 e. The van der Waals surface area contributed by atoms with Crippen molar-refractivity contribution in [2.45, 2.75) is 6.18 Å². The first-order valence-corrected chi connectivity index (χ1v) is 8.27. The van der Waals surface area contributed by atoms with Crippen LogP contribution in [-0.2, 0) is 11.0 Å². The van der Waals surface area contributed by atoms with Gasteiger partial charge in [0.25, 0.3) is 5.91 Å². The third-order valence-corrected chi connectivity index (χ3v) is 4.85. The molecule has 0 radical (unpaired) electrons. The molecule has 2 heterocycles. The number of nitrogens with zero attached hydrogens (tertiary/aromatic N) is 1. The molecule has 0 fully saturated rings. The maximum atomic E-state index is 12.7. The topological polar surface area (TPSA) is 99.5 Å². The summed E-state index contributed by atoms with van der Waals surface area (Å²) in [6.07, 6.45) is -3.10. The van der Waals surface area contributed by atoms with E-state index in [9.17, 15) is 27.9 Å². The van der Waals surface area contributed by atoms with E-state index in [4.69, 9.17) is 5.11 Å². The molecule has 0 saturated carbocycles. The van der Waals surface area contributed by atoms with Crippen LogP contribution in [0.5, 0.6) is 5.75 Å². The van der Waals surface area contributed by atoms with Crippen LogP contribution in [0, 0.1) is 0 Å². The van der Waals surface area contributed by atoms with E-state index in [1.54, 1.807) is 6.07 Å². The number of aromatic hydroxyl groups is 1. The maximum Gasteiger partial charge on any atom is 0.416 e. The van der Waals surface area contributed by atoms with Crippen LogP contribution in [-0.4, -0.2) is 33.6 Å². The molecule has 0 aliphatic heterocycles. The standard InChI is InChI=1S/C17H11F3N2O4S/c18-17(19,20)10-3-1-8(2-4-10)11-5-9-6-21-13(14(25)15(9)27-11)16(26)22-7-12(23)24/h1-6,25H,7H2,(H,22,26)(H,23,24). The first-order chi connectivity index (χ1) is 12.7. The van der Waals surface area contributed by atoms with Crippen LogP contribution in [0.25, 0.3) is 20.5 Å². The molecular formula is C17H11F3N2O4S. The van der Waals surface area contributed by atoms with Crippen LogP contribution in [0.2, 0.25) is 0 Å². The van der Waals surface area contributed by atoms with Crippen molar-refractivity contribution in [3.05, 3.63) is 47.8 Å². The smallest absolute Gasteiger partial charge is 0.416 e. The number of alkyl halides is 3. The Bertz CT molecular complexity index is 1030. The molecule has 0 aliphatic rings. The number of carbonyl (C=O) groups excluding carboxylic acids is 1. The Labute approximate surface area is 153 Å². The van der Waals surface area contributed by atoms with Gasteiger partial charge in [0.15, 0.2) is 11.4 Å². The lowest BCUT2D eigenvalue weighted by molar-refractivity contribution is -0.137. The molecule has 3 rings (SSSR count). The summed E-state index contributed by atoms with van der Waals surface area (Å²) in [5.41, 5.74) is -0.584. The predicted molar refractivity (Wildman–Crippen MR) is 91.7 cm³/mol. The Hall–Kier alpha value is -3.14. The maximum absolute atomic E-state index is 12.7. The van der Waals surface area contributed by atoms with Gasteiger partial charge in [0.05, 0.1) is 10.3 Å². The van der Waals surface area contributed by atoms with Gasteiger partial charge in [-0.2, -0.15) is 13.2 Å². The summed E-state index contributed by atoms with van der Waals surface area (Å²) in [6.45, 7) is -0.626. The highest BCUT2D eigenvalue weighted by Gasteiger charge is 2.30. The van der Waals surface area contributed by atoms with E-state index < -0.39 is 35.9 Å². The Morgan fingerprint density at radius 1 is 1.19 bits per heavy atom. The number of halogens is 3. The van der Waals surface area contributed by atoms with Crippen molar-refractivity contribution in [3.63, 3.8) is 0 Å². The number of hydrogen-bond donors (Lipinski definition) is 3. The van der Waals surface area contributed by atoms with E-state index in [1.807, 2.05) is 0 Å². The van der Waals surface area contributed by atoms with Gasteiger partial charge in [0, 0.05) is 16.5 Å². The van der Waals surface area contributed by atoms with Crippen LogP contribution < -0.4 is 5.32 Å². The number of aromatic nitrogens is 1. The quantitative estimate of drug-likeness (QED) is 0.627. The first-order valence-electron chi connectivity index (χ1n) is 7.46. The van der Waals surface area contributed by atoms with Crippen molar-refractivity contribution in [2.24, 2.45) is 0 Å². The summed E-state index contributed by atoms with van der Waals surface area (Å²) in [5, 5.41) is 21.5. The number of rotatable bonds is 4. The monoisotopic (exact) mass is 396 g/mol. The zero-order valence-corrected chi connectivity index (χ0v) is 14.2. The minimum absolute atomic E-state index is 0.320. The summed E-state index contributed by atoms with van der Waals surface area (Å²) in [6, 6.07) is 6.19. The highest BCUT2D eigenvalue weighted by Crippen LogP contribution is 2.39. The molecule has 0 bridgehead atoms. The van der Waals surface area contributed by atoms with Gasteiger partial charge >= 0.3 is 12.1 Å². The van der Waals surface area contributed by atoms with Gasteiger partial charge in [-0.3, -0.25) is 9.59 Å². The number of carboxylic acid groups (broad SMARTS) is 1. The SMILES string of the molecule is O=C(O)CNC(=O)c1ncc2cc(-c3ccc(C(F)(F)F)cc3)sc2c1O. The zero-order valence-electron chi connectivity index (χ0n) is 13.4. The van der Waals surface area contributed by atoms with E-state index >= 15 is 0 Å². The fourth-order valence-electron chi connectivity index (χ4n) is 2.36. The molecule has 10 heteroatoms. The second-order valence-corrected chi connectivity index (χ2v) is 6.55. The number of hydrogen-bond acceptors (Lipinski definition) is 5. The van der Waals surface area contributed by atoms with Crippen molar-refractivity contribution in [1.29, 1.82) is 0 Å². The molecule has 0 spiro atoms. The van der Waals surface area contributed by atoms with Gasteiger partial charge in [-0.1, -0.05) is 12.1 Å². The molecule has 1 aromatic carbocycles. The Morgan fingerprint density at radius 2 is 1.85 bits per heavy atom. The summed E-state index contributed by atoms with van der Waals surface area (Å²) >= 11 is 1.08. The Balaban J connectivity index is 1.95. The number of carboxylic acids is 1. The van der Waals surface area contributed by atoms with Crippen LogP contribution in [0.15, 0.2) is 36.5 Å². The number of amides is 1. The average molecular weight is 396 g/mol. The summed E-state index contributed by atoms with van der Waals surface area (Å²) < 4.78 is 38.3. The number of fused-ring (bicyclic) bond motifs is 1. The number of benzene rings is 1. The third kappa shape index (κ3) is 3.85. The lowest BCUT2D eigenvalue weighted by Crippen LogP contribution is -2.29. The normalized spacial score (nSPS) is 11.5. The minimum Gasteiger partial charge on any atom is -0.504 e. The fourth-order valence-corrected chi connectivity index (χ4v) is 3.44. The molecule has 1 amide bonds. The fraction of sp³-hybridized carbons (Fsp3) is 0.118. The van der Waals surface area contributed by atoms with Gasteiger partial charge in [-0.15, -0.1) is 11.3 Å². The number of carbonyl (C=O) groups is 2. The molecular weight excluding hydrogens is 385 g/mol. The van der Waals surface area contributed by atoms with E-state index in [1.165, 1.54) is 18.3 Å². The van der Waals surface area contributed by atoms with E-state index in [0.29, 0.717) is 20.5 Å². The zero-order chi connectivity index (χ0) is 19.8. The van der Waals surface area contributed by atoms with Crippen LogP contribution >= 0.6 is 11.3 Å². The molecule has 2 aromatic heterocycles. The highest BCUT2D eigenvalue weighted by molar-refractivity contribution is 7.22. The van der Waals surface area contributed by atoms with Crippen molar-refractivity contribution < 1.29 is 33.0 Å². The molecule has 3 N–H and O–H groups in total. The Morgan fingerprint density at radius 3 is 2.44 bits per heavy atom. The van der Waals surface area contributed by atoms with Gasteiger partial charge in [-0.05, 0) is 23.8 Å². The van der Waals surface area contributed by atoms with Gasteiger partial charge in [-0.25, -0.2) is 4.98 Å². The van der Waals surface area contributed by atoms with Gasteiger partial charge in [0.2, 0.25) is 0 Å². The first kappa shape index (κ1) is 18.6. The second-order valence-electron chi connectivity index (χ2n) is 5.50. The van der Waals surface area contributed by atoms with Crippen molar-refractivity contribution in [2.75, 3.05) is 6.54 Å². The van der Waals surface area contributed by atoms with Gasteiger partial charge in [0.1, 0.15) is 6.54 Å². The van der Waals surface area contributed by atoms with Crippen LogP contribution in [0.4, 0.5) is 13.2 Å². The van der Waals surface area contributed by atoms with Crippen molar-refractivity contribution >= 4 is 33.3 Å². The number of pyridine rings is 1. The minimum atomic E-state index is -4.43. The average Bonchev–Trinajstić information content (AvgIpc) is 3.04. The molecule has 140 valence electrons. The predicted octanol–water partition coefficient (Wildman–Crippen LogP) is 3.50. The van der Waals surface area contributed by atoms with Crippen LogP contribution in [0.3, 0.4) is 0 Å². The molecule has 3 aromatic rings. The van der Waals surface area contributed by atoms with E-state index in [0.717, 1.165) is 23.5 Å². The Kier molecular flexibility index (Phi) is 4.75. The molecule has 0 aliphatic carbocycles. The number of thiophene rings is 1. The summed E-state index contributed by atoms with van der Waals surface area (Å²) in [5.74, 6) is -2.51. The third-order valence-electron chi connectivity index (χ3n) is 3.64. The van der Waals surface area contributed by atoms with E-state index in [2.05, 4.69) is 10.3 Å². The van der Waals surface area contributed by atoms with Gasteiger partial charge < -0.3 is 15.5 Å². The second kappa shape index (κ2) is 6.88. The van der Waals surface area contributed by atoms with Crippen LogP contribution in [0.1, 0.15) is 16.1 Å². The van der Waals surface area contributed by atoms with Crippen molar-refractivity contribution in [3.8, 4) is 16.2 Å². The molecule has 0 unspecified atom stereocenters.